The van der Waals surface area contributed by atoms with E-state index in [9.17, 15) is 9.59 Å². The minimum Gasteiger partial charge on any atom is -0.459 e. The molecule has 2 aromatic rings. The maximum atomic E-state index is 12.1. The number of amides is 2. The van der Waals surface area contributed by atoms with Crippen molar-refractivity contribution >= 4 is 40.0 Å². The highest BCUT2D eigenvalue weighted by Crippen LogP contribution is 2.31. The van der Waals surface area contributed by atoms with Gasteiger partial charge in [-0.3, -0.25) is 9.59 Å². The molecule has 2 amide bonds. The molecule has 2 aromatic heterocycles. The number of carbonyl (C=O) groups is 2. The second-order valence-electron chi connectivity index (χ2n) is 4.50. The fourth-order valence-corrected chi connectivity index (χ4v) is 3.42. The summed E-state index contributed by atoms with van der Waals surface area (Å²) in [7, 11) is 0. The Labute approximate surface area is 141 Å². The van der Waals surface area contributed by atoms with E-state index in [0.29, 0.717) is 10.9 Å². The van der Waals surface area contributed by atoms with Gasteiger partial charge in [-0.15, -0.1) is 0 Å². The van der Waals surface area contributed by atoms with Crippen molar-refractivity contribution < 1.29 is 14.0 Å². The lowest BCUT2D eigenvalue weighted by Crippen LogP contribution is -2.41. The van der Waals surface area contributed by atoms with Crippen LogP contribution < -0.4 is 10.6 Å². The summed E-state index contributed by atoms with van der Waals surface area (Å²) in [5.74, 6) is -0.370. The molecule has 23 heavy (non-hydrogen) atoms. The van der Waals surface area contributed by atoms with Crippen LogP contribution in [0.15, 0.2) is 27.0 Å². The molecule has 120 valence electrons. The van der Waals surface area contributed by atoms with Crippen molar-refractivity contribution in [1.82, 2.24) is 10.3 Å². The Hall–Kier alpha value is -2.31. The summed E-state index contributed by atoms with van der Waals surface area (Å²) in [5, 5.41) is 14.2. The van der Waals surface area contributed by atoms with E-state index in [2.05, 4.69) is 15.6 Å². The molecule has 0 aliphatic carbocycles. The van der Waals surface area contributed by atoms with Crippen molar-refractivity contribution in [2.75, 3.05) is 11.1 Å². The number of nitriles is 1. The zero-order chi connectivity index (χ0) is 16.8. The van der Waals surface area contributed by atoms with Gasteiger partial charge in [0.15, 0.2) is 10.9 Å². The second kappa shape index (κ2) is 7.80. The Bertz CT molecular complexity index is 734. The van der Waals surface area contributed by atoms with E-state index in [0.717, 1.165) is 9.90 Å². The summed E-state index contributed by atoms with van der Waals surface area (Å²) in [6.45, 7) is 3.38. The molecule has 0 saturated heterocycles. The first-order chi connectivity index (χ1) is 11.0. The summed E-state index contributed by atoms with van der Waals surface area (Å²) in [6, 6.07) is 4.41. The van der Waals surface area contributed by atoms with Crippen LogP contribution in [-0.2, 0) is 4.79 Å². The van der Waals surface area contributed by atoms with E-state index in [1.165, 1.54) is 35.4 Å². The molecule has 0 aromatic carbocycles. The van der Waals surface area contributed by atoms with E-state index < -0.39 is 11.9 Å². The summed E-state index contributed by atoms with van der Waals surface area (Å²) in [6.07, 6.45) is 1.39. The van der Waals surface area contributed by atoms with Gasteiger partial charge in [0.25, 0.3) is 5.91 Å². The number of hydrogen-bond donors (Lipinski definition) is 2. The van der Waals surface area contributed by atoms with Crippen LogP contribution in [0.3, 0.4) is 0 Å². The molecule has 2 rings (SSSR count). The predicted octanol–water partition coefficient (Wildman–Crippen LogP) is 2.42. The lowest BCUT2D eigenvalue weighted by atomic mass is 10.3. The minimum atomic E-state index is -0.744. The highest BCUT2D eigenvalue weighted by Gasteiger charge is 2.19. The molecule has 0 aliphatic heterocycles. The Morgan fingerprint density at radius 2 is 2.35 bits per heavy atom. The van der Waals surface area contributed by atoms with E-state index in [-0.39, 0.29) is 11.7 Å². The van der Waals surface area contributed by atoms with Crippen molar-refractivity contribution in [3.63, 3.8) is 0 Å². The van der Waals surface area contributed by atoms with Crippen LogP contribution in [0.1, 0.15) is 23.2 Å². The lowest BCUT2D eigenvalue weighted by molar-refractivity contribution is -0.117. The fraction of sp³-hybridized carbons (Fsp3) is 0.286. The Morgan fingerprint density at radius 3 is 3.00 bits per heavy atom. The number of thioether (sulfide) groups is 1. The third kappa shape index (κ3) is 4.58. The van der Waals surface area contributed by atoms with Crippen molar-refractivity contribution in [3.05, 3.63) is 29.9 Å². The highest BCUT2D eigenvalue weighted by atomic mass is 32.2. The molecule has 0 unspecified atom stereocenters. The van der Waals surface area contributed by atoms with Gasteiger partial charge in [-0.2, -0.15) is 5.26 Å². The first-order valence-corrected chi connectivity index (χ1v) is 8.44. The van der Waals surface area contributed by atoms with Gasteiger partial charge in [0, 0.05) is 0 Å². The van der Waals surface area contributed by atoms with Crippen LogP contribution in [0.5, 0.6) is 0 Å². The minimum absolute atomic E-state index is 0.143. The first kappa shape index (κ1) is 17.1. The number of anilines is 1. The number of nitrogens with zero attached hydrogens (tertiary/aromatic N) is 2. The zero-order valence-corrected chi connectivity index (χ0v) is 14.1. The number of rotatable bonds is 6. The topological polar surface area (TPSA) is 108 Å². The molecule has 0 aliphatic rings. The van der Waals surface area contributed by atoms with Crippen LogP contribution in [0.25, 0.3) is 0 Å². The third-order valence-electron chi connectivity index (χ3n) is 2.74. The van der Waals surface area contributed by atoms with Crippen LogP contribution in [-0.4, -0.2) is 28.6 Å². The summed E-state index contributed by atoms with van der Waals surface area (Å²) in [4.78, 5) is 28.2. The van der Waals surface area contributed by atoms with Gasteiger partial charge in [0.2, 0.25) is 5.91 Å². The van der Waals surface area contributed by atoms with Crippen LogP contribution in [0, 0.1) is 18.3 Å². The molecule has 2 N–H and O–H groups in total. The molecule has 2 heterocycles. The van der Waals surface area contributed by atoms with Gasteiger partial charge in [-0.05, 0) is 26.0 Å². The summed E-state index contributed by atoms with van der Waals surface area (Å²) in [5.41, 5.74) is 0.762. The third-order valence-corrected chi connectivity index (χ3v) is 5.04. The Balaban J connectivity index is 1.93. The quantitative estimate of drug-likeness (QED) is 0.775. The largest absolute Gasteiger partial charge is 0.459 e. The van der Waals surface area contributed by atoms with E-state index in [4.69, 9.17) is 9.68 Å². The molecule has 0 saturated carbocycles. The van der Waals surface area contributed by atoms with Crippen LogP contribution >= 0.6 is 23.1 Å². The smallest absolute Gasteiger partial charge is 0.287 e. The number of furan rings is 1. The average Bonchev–Trinajstić information content (AvgIpc) is 3.15. The summed E-state index contributed by atoms with van der Waals surface area (Å²) < 4.78 is 5.85. The number of nitrogens with one attached hydrogen (secondary N) is 2. The molecule has 0 radical (unpaired) electrons. The van der Waals surface area contributed by atoms with E-state index >= 15 is 0 Å². The normalized spacial score (nSPS) is 11.5. The molecule has 7 nitrogen and oxygen atoms in total. The molecule has 1 atom stereocenters. The highest BCUT2D eigenvalue weighted by molar-refractivity contribution is 8.01. The van der Waals surface area contributed by atoms with Crippen LogP contribution in [0.4, 0.5) is 5.13 Å². The maximum absolute atomic E-state index is 12.1. The SMILES string of the molecule is Cc1nc(NC(=O)[C@H](C)NC(=O)c2ccco2)sc1SCC#N. The number of carbonyl (C=O) groups excluding carboxylic acids is 2. The standard InChI is InChI=1S/C14H14N4O3S2/c1-8(16-12(20)10-4-3-6-21-10)11(19)18-14-17-9(2)13(23-14)22-7-5-15/h3-4,6,8H,7H2,1-2H3,(H,16,20)(H,17,18,19)/t8-/m0/s1. The molecular weight excluding hydrogens is 336 g/mol. The molecule has 9 heteroatoms. The second-order valence-corrected chi connectivity index (χ2v) is 6.74. The fourth-order valence-electron chi connectivity index (χ4n) is 1.62. The zero-order valence-electron chi connectivity index (χ0n) is 12.5. The number of aryl methyl sites for hydroxylation is 1. The molecule has 0 fully saturated rings. The molecule has 0 bridgehead atoms. The van der Waals surface area contributed by atoms with Crippen molar-refractivity contribution in [1.29, 1.82) is 5.26 Å². The Kier molecular flexibility index (Phi) is 5.78. The summed E-state index contributed by atoms with van der Waals surface area (Å²) >= 11 is 2.67. The van der Waals surface area contributed by atoms with E-state index in [1.807, 2.05) is 13.0 Å². The first-order valence-electron chi connectivity index (χ1n) is 6.63. The van der Waals surface area contributed by atoms with Gasteiger partial charge < -0.3 is 15.1 Å². The van der Waals surface area contributed by atoms with Crippen molar-refractivity contribution in [2.45, 2.75) is 24.1 Å². The van der Waals surface area contributed by atoms with Gasteiger partial charge in [-0.25, -0.2) is 4.98 Å². The monoisotopic (exact) mass is 350 g/mol. The molecule has 0 spiro atoms. The molecular formula is C14H14N4O3S2. The van der Waals surface area contributed by atoms with E-state index in [1.54, 1.807) is 13.0 Å². The predicted molar refractivity (Wildman–Crippen MR) is 87.5 cm³/mol. The maximum Gasteiger partial charge on any atom is 0.287 e. The van der Waals surface area contributed by atoms with Gasteiger partial charge >= 0.3 is 0 Å². The van der Waals surface area contributed by atoms with Crippen molar-refractivity contribution in [3.8, 4) is 6.07 Å². The number of thiazole rings is 1. The van der Waals surface area contributed by atoms with Crippen LogP contribution in [0.2, 0.25) is 0 Å². The van der Waals surface area contributed by atoms with Gasteiger partial charge in [0.05, 0.1) is 28.0 Å². The van der Waals surface area contributed by atoms with Gasteiger partial charge in [-0.1, -0.05) is 23.1 Å². The van der Waals surface area contributed by atoms with Gasteiger partial charge in [0.1, 0.15) is 6.04 Å². The average molecular weight is 350 g/mol. The number of hydrogen-bond acceptors (Lipinski definition) is 7. The lowest BCUT2D eigenvalue weighted by Gasteiger charge is -2.11. The van der Waals surface area contributed by atoms with Crippen molar-refractivity contribution in [2.24, 2.45) is 0 Å². The number of aromatic nitrogens is 1. The Morgan fingerprint density at radius 1 is 1.57 bits per heavy atom.